The minimum absolute atomic E-state index is 0.00631. The zero-order valence-electron chi connectivity index (χ0n) is 23.9. The maximum atomic E-state index is 13.6. The molecule has 2 aliphatic heterocycles. The van der Waals surface area contributed by atoms with Crippen molar-refractivity contribution in [2.24, 2.45) is 5.92 Å². The first kappa shape index (κ1) is 29.7. The lowest BCUT2D eigenvalue weighted by molar-refractivity contribution is -0.143. The Morgan fingerprint density at radius 3 is 2.31 bits per heavy atom. The number of nitrogens with zero attached hydrogens (tertiary/aromatic N) is 1. The van der Waals surface area contributed by atoms with E-state index in [1.165, 1.54) is 0 Å². The van der Waals surface area contributed by atoms with Gasteiger partial charge in [-0.15, -0.1) is 0 Å². The minimum Gasteiger partial charge on any atom is -0.481 e. The number of benzene rings is 3. The molecule has 2 N–H and O–H groups in total. The normalized spacial score (nSPS) is 19.6. The van der Waals surface area contributed by atoms with Gasteiger partial charge in [-0.3, -0.25) is 14.5 Å². The molecule has 42 heavy (non-hydrogen) atoms. The number of carboxylic acid groups (broad SMARTS) is 1. The highest BCUT2D eigenvalue weighted by atomic mass is 35.5. The standard InChI is InChI=1S/C32H35ClN2O7/c1-4-19-12-23(33)13-20(5-2)30(19)34-28(36)16-35-15-25(22-8-11-26-27(14-22)42-18-41-26)29(32(37)38)31(35)21-6-9-24(10-7-21)40-17-39-3/h6-14,25,29,31H,4-5,15-18H2,1-3H3,(H,34,36)(H,37,38)/t25-,29?,31+/m1/s1. The first-order valence-corrected chi connectivity index (χ1v) is 14.4. The quantitative estimate of drug-likeness (QED) is 0.274. The van der Waals surface area contributed by atoms with E-state index in [0.29, 0.717) is 41.7 Å². The number of methoxy groups -OCH3 is 1. The summed E-state index contributed by atoms with van der Waals surface area (Å²) in [5.74, 6) is -0.560. The van der Waals surface area contributed by atoms with E-state index in [4.69, 9.17) is 30.5 Å². The number of hydrogen-bond acceptors (Lipinski definition) is 7. The zero-order valence-corrected chi connectivity index (χ0v) is 24.6. The maximum absolute atomic E-state index is 13.6. The van der Waals surface area contributed by atoms with Crippen molar-refractivity contribution < 1.29 is 33.6 Å². The second-order valence-electron chi connectivity index (χ2n) is 10.4. The van der Waals surface area contributed by atoms with Gasteiger partial charge >= 0.3 is 5.97 Å². The number of carboxylic acids is 1. The third-order valence-corrected chi connectivity index (χ3v) is 8.13. The Bertz CT molecular complexity index is 1420. The molecule has 0 radical (unpaired) electrons. The first-order valence-electron chi connectivity index (χ1n) is 14.0. The molecule has 0 saturated carbocycles. The molecule has 5 rings (SSSR count). The number of carbonyl (C=O) groups excluding carboxylic acids is 1. The zero-order chi connectivity index (χ0) is 29.8. The summed E-state index contributed by atoms with van der Waals surface area (Å²) in [4.78, 5) is 28.4. The predicted octanol–water partition coefficient (Wildman–Crippen LogP) is 5.66. The van der Waals surface area contributed by atoms with Gasteiger partial charge in [0.2, 0.25) is 12.7 Å². The van der Waals surface area contributed by atoms with E-state index < -0.39 is 23.8 Å². The Balaban J connectivity index is 1.48. The Kier molecular flexibility index (Phi) is 9.21. The number of carbonyl (C=O) groups is 2. The fourth-order valence-corrected chi connectivity index (χ4v) is 6.23. The van der Waals surface area contributed by atoms with Gasteiger partial charge in [-0.2, -0.15) is 0 Å². The molecule has 3 atom stereocenters. The van der Waals surface area contributed by atoms with E-state index in [0.717, 1.165) is 27.9 Å². The molecule has 2 aliphatic rings. The fourth-order valence-electron chi connectivity index (χ4n) is 5.97. The van der Waals surface area contributed by atoms with Crippen LogP contribution < -0.4 is 19.5 Å². The molecular formula is C32H35ClN2O7. The molecule has 9 nitrogen and oxygen atoms in total. The van der Waals surface area contributed by atoms with Gasteiger partial charge in [0, 0.05) is 36.3 Å². The smallest absolute Gasteiger partial charge is 0.309 e. The summed E-state index contributed by atoms with van der Waals surface area (Å²) in [5, 5.41) is 14.3. The average Bonchev–Trinajstić information content (AvgIpc) is 3.61. The van der Waals surface area contributed by atoms with Crippen LogP contribution in [0.2, 0.25) is 5.02 Å². The third kappa shape index (κ3) is 6.18. The highest BCUT2D eigenvalue weighted by molar-refractivity contribution is 6.30. The first-order chi connectivity index (χ1) is 20.3. The highest BCUT2D eigenvalue weighted by Gasteiger charge is 2.48. The Morgan fingerprint density at radius 1 is 1.00 bits per heavy atom. The molecular weight excluding hydrogens is 560 g/mol. The molecule has 0 spiro atoms. The maximum Gasteiger partial charge on any atom is 0.309 e. The molecule has 1 amide bonds. The second-order valence-corrected chi connectivity index (χ2v) is 10.9. The summed E-state index contributed by atoms with van der Waals surface area (Å²) in [5.41, 5.74) is 4.28. The molecule has 1 fully saturated rings. The number of likely N-dealkylation sites (tertiary alicyclic amines) is 1. The Morgan fingerprint density at radius 2 is 1.67 bits per heavy atom. The fraction of sp³-hybridized carbons (Fsp3) is 0.375. The van der Waals surface area contributed by atoms with Crippen LogP contribution in [-0.4, -0.2) is 55.7 Å². The molecule has 0 aliphatic carbocycles. The second kappa shape index (κ2) is 13.0. The van der Waals surface area contributed by atoms with Gasteiger partial charge < -0.3 is 29.4 Å². The molecule has 1 saturated heterocycles. The summed E-state index contributed by atoms with van der Waals surface area (Å²) in [6.45, 7) is 4.63. The van der Waals surface area contributed by atoms with E-state index in [9.17, 15) is 14.7 Å². The Labute approximate surface area is 250 Å². The summed E-state index contributed by atoms with van der Waals surface area (Å²) in [6, 6.07) is 16.0. The molecule has 222 valence electrons. The topological polar surface area (TPSA) is 107 Å². The van der Waals surface area contributed by atoms with Crippen LogP contribution in [-0.2, 0) is 27.2 Å². The van der Waals surface area contributed by atoms with Crippen molar-refractivity contribution in [1.82, 2.24) is 4.90 Å². The number of rotatable bonds is 11. The molecule has 1 unspecified atom stereocenters. The van der Waals surface area contributed by atoms with Gasteiger partial charge in [0.15, 0.2) is 18.3 Å². The van der Waals surface area contributed by atoms with Crippen molar-refractivity contribution in [1.29, 1.82) is 0 Å². The number of anilines is 1. The van der Waals surface area contributed by atoms with E-state index in [2.05, 4.69) is 5.32 Å². The van der Waals surface area contributed by atoms with E-state index in [1.807, 2.05) is 61.2 Å². The van der Waals surface area contributed by atoms with Crippen LogP contribution in [0.5, 0.6) is 17.2 Å². The summed E-state index contributed by atoms with van der Waals surface area (Å²) >= 11 is 6.33. The number of ether oxygens (including phenoxy) is 4. The van der Waals surface area contributed by atoms with Gasteiger partial charge in [-0.05, 0) is 71.5 Å². The molecule has 3 aromatic rings. The van der Waals surface area contributed by atoms with Crippen molar-refractivity contribution in [2.45, 2.75) is 38.6 Å². The van der Waals surface area contributed by atoms with Gasteiger partial charge in [0.05, 0.1) is 12.5 Å². The monoisotopic (exact) mass is 594 g/mol. The lowest BCUT2D eigenvalue weighted by atomic mass is 9.82. The van der Waals surface area contributed by atoms with Gasteiger partial charge in [0.1, 0.15) is 5.75 Å². The SMILES string of the molecule is CCc1cc(Cl)cc(CC)c1NC(=O)CN1C[C@H](c2ccc3c(c2)OCO3)C(C(=O)O)[C@@H]1c1ccc(OCOC)cc1. The summed E-state index contributed by atoms with van der Waals surface area (Å²) < 4.78 is 21.6. The Hall–Kier alpha value is -3.79. The van der Waals surface area contributed by atoms with Crippen molar-refractivity contribution in [3.63, 3.8) is 0 Å². The van der Waals surface area contributed by atoms with Crippen LogP contribution in [0, 0.1) is 5.92 Å². The minimum atomic E-state index is -0.940. The van der Waals surface area contributed by atoms with Crippen LogP contribution >= 0.6 is 11.6 Å². The van der Waals surface area contributed by atoms with Gasteiger partial charge in [-0.1, -0.05) is 43.6 Å². The average molecular weight is 595 g/mol. The lowest BCUT2D eigenvalue weighted by Crippen LogP contribution is -2.35. The van der Waals surface area contributed by atoms with E-state index in [1.54, 1.807) is 19.2 Å². The molecule has 2 heterocycles. The van der Waals surface area contributed by atoms with Crippen LogP contribution in [0.3, 0.4) is 0 Å². The number of halogens is 1. The number of fused-ring (bicyclic) bond motifs is 1. The van der Waals surface area contributed by atoms with Gasteiger partial charge in [0.25, 0.3) is 0 Å². The molecule has 10 heteroatoms. The van der Waals surface area contributed by atoms with Crippen molar-refractivity contribution in [3.05, 3.63) is 81.9 Å². The van der Waals surface area contributed by atoms with Crippen LogP contribution in [0.1, 0.15) is 48.1 Å². The molecule has 3 aromatic carbocycles. The highest BCUT2D eigenvalue weighted by Crippen LogP contribution is 2.47. The third-order valence-electron chi connectivity index (χ3n) is 7.91. The van der Waals surface area contributed by atoms with Crippen molar-refractivity contribution in [2.75, 3.05) is 39.1 Å². The number of aryl methyl sites for hydroxylation is 2. The van der Waals surface area contributed by atoms with Crippen LogP contribution in [0.4, 0.5) is 5.69 Å². The number of nitrogens with one attached hydrogen (secondary N) is 1. The number of hydrogen-bond donors (Lipinski definition) is 2. The summed E-state index contributed by atoms with van der Waals surface area (Å²) in [7, 11) is 1.54. The molecule has 0 bridgehead atoms. The largest absolute Gasteiger partial charge is 0.481 e. The van der Waals surface area contributed by atoms with Crippen LogP contribution in [0.25, 0.3) is 0 Å². The van der Waals surface area contributed by atoms with Crippen LogP contribution in [0.15, 0.2) is 54.6 Å². The number of amides is 1. The van der Waals surface area contributed by atoms with E-state index in [-0.39, 0.29) is 26.0 Å². The van der Waals surface area contributed by atoms with Gasteiger partial charge in [-0.25, -0.2) is 0 Å². The van der Waals surface area contributed by atoms with Crippen molar-refractivity contribution >= 4 is 29.2 Å². The molecule has 0 aromatic heterocycles. The predicted molar refractivity (Wildman–Crippen MR) is 159 cm³/mol. The van der Waals surface area contributed by atoms with Crippen molar-refractivity contribution in [3.8, 4) is 17.2 Å². The summed E-state index contributed by atoms with van der Waals surface area (Å²) in [6.07, 6.45) is 1.42. The van der Waals surface area contributed by atoms with E-state index >= 15 is 0 Å². The number of aliphatic carboxylic acids is 1. The lowest BCUT2D eigenvalue weighted by Gasteiger charge is -2.27.